The molecule has 4 nitrogen and oxygen atoms in total. The van der Waals surface area contributed by atoms with E-state index in [2.05, 4.69) is 33.0 Å². The Balaban J connectivity index is 1.88. The number of amides is 1. The Hall–Kier alpha value is -2.62. The first-order valence-electron chi connectivity index (χ1n) is 9.11. The molecule has 0 spiro atoms. The molecule has 2 aromatic carbocycles. The van der Waals surface area contributed by atoms with Gasteiger partial charge in [0.25, 0.3) is 5.91 Å². The molecule has 0 aliphatic carbocycles. The summed E-state index contributed by atoms with van der Waals surface area (Å²) in [6, 6.07) is 13.4. The van der Waals surface area contributed by atoms with Crippen molar-refractivity contribution in [2.45, 2.75) is 52.1 Å². The van der Waals surface area contributed by atoms with Crippen molar-refractivity contribution in [3.8, 4) is 0 Å². The molecule has 0 fully saturated rings. The minimum absolute atomic E-state index is 0.275. The first kappa shape index (κ1) is 18.2. The maximum Gasteiger partial charge on any atom is 0.339 e. The zero-order valence-corrected chi connectivity index (χ0v) is 15.7. The summed E-state index contributed by atoms with van der Waals surface area (Å²) in [5.74, 6) is -0.159. The Morgan fingerprint density at radius 3 is 2.23 bits per heavy atom. The van der Waals surface area contributed by atoms with E-state index >= 15 is 0 Å². The lowest BCUT2D eigenvalue weighted by molar-refractivity contribution is -0.125. The molecule has 1 heterocycles. The molecule has 1 atom stereocenters. The molecule has 1 amide bonds. The van der Waals surface area contributed by atoms with Crippen LogP contribution < -0.4 is 5.32 Å². The van der Waals surface area contributed by atoms with E-state index in [1.807, 2.05) is 30.3 Å². The van der Waals surface area contributed by atoms with E-state index in [0.29, 0.717) is 12.0 Å². The largest absolute Gasteiger partial charge is 0.448 e. The van der Waals surface area contributed by atoms with E-state index in [1.54, 1.807) is 12.1 Å². The number of rotatable bonds is 4. The fourth-order valence-electron chi connectivity index (χ4n) is 3.38. The van der Waals surface area contributed by atoms with Crippen LogP contribution in [0.25, 0.3) is 0 Å². The molecule has 1 aliphatic heterocycles. The molecule has 4 heteroatoms. The summed E-state index contributed by atoms with van der Waals surface area (Å²) < 4.78 is 5.40. The van der Waals surface area contributed by atoms with Crippen molar-refractivity contribution < 1.29 is 14.3 Å². The highest BCUT2D eigenvalue weighted by molar-refractivity contribution is 6.00. The Bertz CT molecular complexity index is 813. The molecule has 0 unspecified atom stereocenters. The van der Waals surface area contributed by atoms with Crippen molar-refractivity contribution in [2.24, 2.45) is 0 Å². The zero-order chi connectivity index (χ0) is 18.8. The predicted molar refractivity (Wildman–Crippen MR) is 103 cm³/mol. The Labute approximate surface area is 154 Å². The van der Waals surface area contributed by atoms with Gasteiger partial charge in [0, 0.05) is 12.1 Å². The summed E-state index contributed by atoms with van der Waals surface area (Å²) in [6.07, 6.45) is -0.410. The number of hydrogen-bond acceptors (Lipinski definition) is 3. The van der Waals surface area contributed by atoms with Crippen LogP contribution in [0, 0.1) is 0 Å². The first-order chi connectivity index (χ1) is 12.4. The second-order valence-electron chi connectivity index (χ2n) is 7.37. The van der Waals surface area contributed by atoms with Gasteiger partial charge in [0.15, 0.2) is 6.10 Å². The number of nitrogens with one attached hydrogen (secondary N) is 1. The summed E-state index contributed by atoms with van der Waals surface area (Å²) in [7, 11) is 0. The highest BCUT2D eigenvalue weighted by atomic mass is 16.5. The summed E-state index contributed by atoms with van der Waals surface area (Å²) >= 11 is 0. The highest BCUT2D eigenvalue weighted by Crippen LogP contribution is 2.33. The van der Waals surface area contributed by atoms with Crippen LogP contribution in [0.15, 0.2) is 42.5 Å². The van der Waals surface area contributed by atoms with Crippen molar-refractivity contribution >= 4 is 17.6 Å². The monoisotopic (exact) mass is 351 g/mol. The third-order valence-electron chi connectivity index (χ3n) is 4.81. The number of esters is 1. The summed E-state index contributed by atoms with van der Waals surface area (Å²) in [6.45, 7) is 8.41. The van der Waals surface area contributed by atoms with Crippen molar-refractivity contribution in [3.63, 3.8) is 0 Å². The molecular formula is C22H25NO3. The number of benzene rings is 2. The van der Waals surface area contributed by atoms with Gasteiger partial charge in [0.05, 0.1) is 5.56 Å². The highest BCUT2D eigenvalue weighted by Gasteiger charge is 2.31. The normalized spacial score (nSPS) is 16.4. The van der Waals surface area contributed by atoms with E-state index in [1.165, 1.54) is 0 Å². The second-order valence-corrected chi connectivity index (χ2v) is 7.37. The summed E-state index contributed by atoms with van der Waals surface area (Å²) in [4.78, 5) is 25.1. The number of carbonyl (C=O) groups excluding carboxylic acids is 2. The smallest absolute Gasteiger partial charge is 0.339 e. The SMILES string of the molecule is CC(C)c1cccc(C(C)C)c1NC(=O)[C@@H]1Cc2ccccc2C(=O)O1. The quantitative estimate of drug-likeness (QED) is 0.816. The molecule has 1 aliphatic rings. The lowest BCUT2D eigenvalue weighted by Gasteiger charge is -2.26. The van der Waals surface area contributed by atoms with E-state index in [0.717, 1.165) is 22.4 Å². The lowest BCUT2D eigenvalue weighted by atomic mass is 9.92. The van der Waals surface area contributed by atoms with Crippen LogP contribution in [0.2, 0.25) is 0 Å². The van der Waals surface area contributed by atoms with Gasteiger partial charge in [0.2, 0.25) is 0 Å². The van der Waals surface area contributed by atoms with Crippen LogP contribution in [0.3, 0.4) is 0 Å². The Morgan fingerprint density at radius 2 is 1.62 bits per heavy atom. The van der Waals surface area contributed by atoms with Gasteiger partial charge in [-0.2, -0.15) is 0 Å². The fraction of sp³-hybridized carbons (Fsp3) is 0.364. The van der Waals surface area contributed by atoms with Gasteiger partial charge in [-0.05, 0) is 34.6 Å². The molecule has 0 aromatic heterocycles. The van der Waals surface area contributed by atoms with Gasteiger partial charge in [-0.3, -0.25) is 4.79 Å². The maximum absolute atomic E-state index is 12.9. The van der Waals surface area contributed by atoms with Gasteiger partial charge in [-0.1, -0.05) is 64.1 Å². The number of ether oxygens (including phenoxy) is 1. The lowest BCUT2D eigenvalue weighted by Crippen LogP contribution is -2.38. The number of fused-ring (bicyclic) bond motifs is 1. The number of carbonyl (C=O) groups is 2. The molecular weight excluding hydrogens is 326 g/mol. The molecule has 136 valence electrons. The average molecular weight is 351 g/mol. The van der Waals surface area contributed by atoms with Crippen molar-refractivity contribution in [1.82, 2.24) is 0 Å². The average Bonchev–Trinajstić information content (AvgIpc) is 2.61. The standard InChI is InChI=1S/C22H25NO3/c1-13(2)16-10-7-11-17(14(3)4)20(16)23-21(24)19-12-15-8-5-6-9-18(15)22(25)26-19/h5-11,13-14,19H,12H2,1-4H3,(H,23,24)/t19-/m0/s1. The van der Waals surface area contributed by atoms with Crippen LogP contribution in [-0.2, 0) is 16.0 Å². The number of cyclic esters (lactones) is 1. The van der Waals surface area contributed by atoms with E-state index < -0.39 is 12.1 Å². The molecule has 1 N–H and O–H groups in total. The van der Waals surface area contributed by atoms with Crippen molar-refractivity contribution in [2.75, 3.05) is 5.32 Å². The molecule has 0 bridgehead atoms. The first-order valence-corrected chi connectivity index (χ1v) is 9.11. The zero-order valence-electron chi connectivity index (χ0n) is 15.7. The van der Waals surface area contributed by atoms with Crippen molar-refractivity contribution in [1.29, 1.82) is 0 Å². The second kappa shape index (κ2) is 7.32. The number of hydrogen-bond donors (Lipinski definition) is 1. The fourth-order valence-corrected chi connectivity index (χ4v) is 3.38. The minimum Gasteiger partial charge on any atom is -0.448 e. The van der Waals surface area contributed by atoms with Crippen LogP contribution in [-0.4, -0.2) is 18.0 Å². The molecule has 3 rings (SSSR count). The third kappa shape index (κ3) is 3.50. The summed E-state index contributed by atoms with van der Waals surface area (Å²) in [5, 5.41) is 3.05. The third-order valence-corrected chi connectivity index (χ3v) is 4.81. The maximum atomic E-state index is 12.9. The van der Waals surface area contributed by atoms with Gasteiger partial charge in [-0.25, -0.2) is 4.79 Å². The van der Waals surface area contributed by atoms with Gasteiger partial charge >= 0.3 is 5.97 Å². The van der Waals surface area contributed by atoms with E-state index in [-0.39, 0.29) is 17.7 Å². The van der Waals surface area contributed by atoms with Crippen LogP contribution in [0.4, 0.5) is 5.69 Å². The van der Waals surface area contributed by atoms with Crippen LogP contribution in [0.5, 0.6) is 0 Å². The van der Waals surface area contributed by atoms with Crippen LogP contribution >= 0.6 is 0 Å². The van der Waals surface area contributed by atoms with Crippen LogP contribution in [0.1, 0.15) is 66.6 Å². The Kier molecular flexibility index (Phi) is 5.12. The van der Waals surface area contributed by atoms with Gasteiger partial charge in [0.1, 0.15) is 0 Å². The number of anilines is 1. The van der Waals surface area contributed by atoms with E-state index in [9.17, 15) is 9.59 Å². The molecule has 0 saturated carbocycles. The van der Waals surface area contributed by atoms with Gasteiger partial charge in [-0.15, -0.1) is 0 Å². The minimum atomic E-state index is -0.808. The summed E-state index contributed by atoms with van der Waals surface area (Å²) in [5.41, 5.74) is 4.42. The number of para-hydroxylation sites is 1. The molecule has 0 saturated heterocycles. The molecule has 2 aromatic rings. The predicted octanol–water partition coefficient (Wildman–Crippen LogP) is 4.65. The van der Waals surface area contributed by atoms with Gasteiger partial charge < -0.3 is 10.1 Å². The topological polar surface area (TPSA) is 55.4 Å². The van der Waals surface area contributed by atoms with E-state index in [4.69, 9.17) is 4.74 Å². The molecule has 0 radical (unpaired) electrons. The Morgan fingerprint density at radius 1 is 1.00 bits per heavy atom. The van der Waals surface area contributed by atoms with Crippen molar-refractivity contribution in [3.05, 3.63) is 64.7 Å². The molecule has 26 heavy (non-hydrogen) atoms.